The van der Waals surface area contributed by atoms with Crippen LogP contribution in [0.25, 0.3) is 22.2 Å². The summed E-state index contributed by atoms with van der Waals surface area (Å²) in [5.74, 6) is 1.24. The molecule has 0 unspecified atom stereocenters. The summed E-state index contributed by atoms with van der Waals surface area (Å²) in [6, 6.07) is 15.4. The number of nitrogens with zero attached hydrogens (tertiary/aromatic N) is 4. The average molecular weight is 526 g/mol. The first-order chi connectivity index (χ1) is 18.6. The minimum absolute atomic E-state index is 0.220. The molecular weight excluding hydrogens is 498 g/mol. The van der Waals surface area contributed by atoms with Gasteiger partial charge in [-0.3, -0.25) is 9.48 Å². The zero-order chi connectivity index (χ0) is 27.6. The van der Waals surface area contributed by atoms with Crippen LogP contribution >= 0.6 is 0 Å². The Kier molecular flexibility index (Phi) is 6.72. The van der Waals surface area contributed by atoms with Gasteiger partial charge in [0, 0.05) is 42.0 Å². The lowest BCUT2D eigenvalue weighted by Gasteiger charge is -2.18. The van der Waals surface area contributed by atoms with Crippen LogP contribution in [-0.4, -0.2) is 31.9 Å². The zero-order valence-corrected chi connectivity index (χ0v) is 21.9. The molecule has 2 aromatic carbocycles. The first-order valence-electron chi connectivity index (χ1n) is 12.2. The number of pyridine rings is 1. The van der Waals surface area contributed by atoms with E-state index in [9.17, 15) is 9.59 Å². The standard InChI is InChI=1S/C28H27N7O4/c1-17(36)31-25-14-22(11-12-29-25)38-21-8-6-20(7-9-21)32-27(37)33-23-16-35(28(2,3)4)34-26(23)18-5-10-24-19(13-18)15-30-39-24/h5-16H,1-4H3,(H,29,31,36)(H2,32,33,37). The number of ether oxygens (including phenoxy) is 1. The predicted molar refractivity (Wildman–Crippen MR) is 148 cm³/mol. The Morgan fingerprint density at radius 2 is 1.74 bits per heavy atom. The van der Waals surface area contributed by atoms with Crippen LogP contribution in [0.1, 0.15) is 27.7 Å². The molecule has 3 N–H and O–H groups in total. The summed E-state index contributed by atoms with van der Waals surface area (Å²) in [5.41, 5.74) is 2.96. The van der Waals surface area contributed by atoms with Crippen LogP contribution in [0.5, 0.6) is 11.5 Å². The molecule has 5 aromatic rings. The molecule has 3 heterocycles. The van der Waals surface area contributed by atoms with E-state index in [1.165, 1.54) is 6.92 Å². The molecule has 0 saturated heterocycles. The number of carbonyl (C=O) groups excluding carboxylic acids is 2. The summed E-state index contributed by atoms with van der Waals surface area (Å²) < 4.78 is 12.9. The smallest absolute Gasteiger partial charge is 0.323 e. The second kappa shape index (κ2) is 10.3. The number of benzene rings is 2. The summed E-state index contributed by atoms with van der Waals surface area (Å²) in [6.45, 7) is 7.51. The molecule has 11 nitrogen and oxygen atoms in total. The van der Waals surface area contributed by atoms with Crippen molar-refractivity contribution in [1.82, 2.24) is 19.9 Å². The maximum Gasteiger partial charge on any atom is 0.323 e. The van der Waals surface area contributed by atoms with Crippen molar-refractivity contribution < 1.29 is 18.8 Å². The normalized spacial score (nSPS) is 11.3. The number of hydrogen-bond acceptors (Lipinski definition) is 7. The van der Waals surface area contributed by atoms with Gasteiger partial charge in [-0.15, -0.1) is 0 Å². The van der Waals surface area contributed by atoms with Gasteiger partial charge < -0.3 is 25.2 Å². The quantitative estimate of drug-likeness (QED) is 0.239. The second-order valence-corrected chi connectivity index (χ2v) is 9.85. The molecular formula is C28H27N7O4. The summed E-state index contributed by atoms with van der Waals surface area (Å²) in [4.78, 5) is 28.3. The lowest BCUT2D eigenvalue weighted by Crippen LogP contribution is -2.22. The molecule has 0 bridgehead atoms. The van der Waals surface area contributed by atoms with E-state index in [0.29, 0.717) is 40.0 Å². The lowest BCUT2D eigenvalue weighted by molar-refractivity contribution is -0.114. The zero-order valence-electron chi connectivity index (χ0n) is 21.9. The Hall–Kier alpha value is -5.19. The minimum Gasteiger partial charge on any atom is -0.457 e. The fraction of sp³-hybridized carbons (Fsp3) is 0.179. The number of anilines is 3. The van der Waals surface area contributed by atoms with Gasteiger partial charge in [0.05, 0.1) is 17.4 Å². The van der Waals surface area contributed by atoms with Gasteiger partial charge in [0.2, 0.25) is 5.91 Å². The van der Waals surface area contributed by atoms with Gasteiger partial charge in [0.25, 0.3) is 0 Å². The fourth-order valence-electron chi connectivity index (χ4n) is 3.79. The molecule has 0 aliphatic rings. The van der Waals surface area contributed by atoms with Gasteiger partial charge in [-0.05, 0) is 69.3 Å². The molecule has 5 rings (SSSR count). The van der Waals surface area contributed by atoms with Crippen molar-refractivity contribution in [1.29, 1.82) is 0 Å². The highest BCUT2D eigenvalue weighted by Crippen LogP contribution is 2.32. The van der Waals surface area contributed by atoms with Crippen LogP contribution in [0.4, 0.5) is 22.0 Å². The third-order valence-electron chi connectivity index (χ3n) is 5.66. The molecule has 0 spiro atoms. The molecule has 0 atom stereocenters. The number of carbonyl (C=O) groups is 2. The molecule has 0 fully saturated rings. The van der Waals surface area contributed by atoms with Crippen molar-refractivity contribution >= 4 is 40.1 Å². The SMILES string of the molecule is CC(=O)Nc1cc(Oc2ccc(NC(=O)Nc3cn(C(C)(C)C)nc3-c3ccc4oncc4c3)cc2)ccn1. The Bertz CT molecular complexity index is 1650. The monoisotopic (exact) mass is 525 g/mol. The molecule has 0 aliphatic heterocycles. The molecule has 3 aromatic heterocycles. The Morgan fingerprint density at radius 1 is 0.949 bits per heavy atom. The van der Waals surface area contributed by atoms with Gasteiger partial charge in [-0.1, -0.05) is 5.16 Å². The van der Waals surface area contributed by atoms with Gasteiger partial charge in [-0.25, -0.2) is 9.78 Å². The molecule has 0 radical (unpaired) electrons. The van der Waals surface area contributed by atoms with E-state index in [-0.39, 0.29) is 11.4 Å². The van der Waals surface area contributed by atoms with Crippen molar-refractivity contribution in [3.63, 3.8) is 0 Å². The highest BCUT2D eigenvalue weighted by molar-refractivity contribution is 6.02. The summed E-state index contributed by atoms with van der Waals surface area (Å²) in [7, 11) is 0. The predicted octanol–water partition coefficient (Wildman–Crippen LogP) is 6.24. The van der Waals surface area contributed by atoms with Gasteiger partial charge in [0.1, 0.15) is 23.0 Å². The molecule has 11 heteroatoms. The number of urea groups is 1. The molecule has 0 aliphatic carbocycles. The Labute approximate surface area is 224 Å². The Morgan fingerprint density at radius 3 is 2.49 bits per heavy atom. The summed E-state index contributed by atoms with van der Waals surface area (Å²) >= 11 is 0. The first kappa shape index (κ1) is 25.5. The largest absolute Gasteiger partial charge is 0.457 e. The number of nitrogens with one attached hydrogen (secondary N) is 3. The minimum atomic E-state index is -0.418. The topological polar surface area (TPSA) is 136 Å². The number of hydrogen-bond donors (Lipinski definition) is 3. The third kappa shape index (κ3) is 6.04. The van der Waals surface area contributed by atoms with Crippen LogP contribution in [-0.2, 0) is 10.3 Å². The van der Waals surface area contributed by atoms with Gasteiger partial charge in [-0.2, -0.15) is 5.10 Å². The second-order valence-electron chi connectivity index (χ2n) is 9.85. The van der Waals surface area contributed by atoms with E-state index >= 15 is 0 Å². The highest BCUT2D eigenvalue weighted by atomic mass is 16.5. The van der Waals surface area contributed by atoms with Gasteiger partial charge in [0.15, 0.2) is 5.58 Å². The number of rotatable bonds is 6. The maximum absolute atomic E-state index is 12.9. The molecule has 198 valence electrons. The van der Waals surface area contributed by atoms with E-state index in [4.69, 9.17) is 14.4 Å². The molecule has 3 amide bonds. The highest BCUT2D eigenvalue weighted by Gasteiger charge is 2.21. The van der Waals surface area contributed by atoms with Crippen molar-refractivity contribution in [2.24, 2.45) is 0 Å². The number of aromatic nitrogens is 4. The van der Waals surface area contributed by atoms with E-state index in [1.807, 2.05) is 49.8 Å². The van der Waals surface area contributed by atoms with Crippen LogP contribution in [0, 0.1) is 0 Å². The summed E-state index contributed by atoms with van der Waals surface area (Å²) in [5, 5.41) is 17.8. The maximum atomic E-state index is 12.9. The average Bonchev–Trinajstić information content (AvgIpc) is 3.51. The Balaban J connectivity index is 1.30. The van der Waals surface area contributed by atoms with Crippen molar-refractivity contribution in [3.8, 4) is 22.8 Å². The van der Waals surface area contributed by atoms with Crippen LogP contribution in [0.15, 0.2) is 77.7 Å². The molecule has 0 saturated carbocycles. The third-order valence-corrected chi connectivity index (χ3v) is 5.66. The number of fused-ring (bicyclic) bond motifs is 1. The van der Waals surface area contributed by atoms with Crippen LogP contribution in [0.3, 0.4) is 0 Å². The van der Waals surface area contributed by atoms with Crippen molar-refractivity contribution in [3.05, 3.63) is 73.2 Å². The lowest BCUT2D eigenvalue weighted by atomic mass is 10.1. The number of amides is 3. The van der Waals surface area contributed by atoms with Crippen LogP contribution in [0.2, 0.25) is 0 Å². The van der Waals surface area contributed by atoms with E-state index < -0.39 is 6.03 Å². The summed E-state index contributed by atoms with van der Waals surface area (Å²) in [6.07, 6.45) is 5.00. The molecule has 39 heavy (non-hydrogen) atoms. The van der Waals surface area contributed by atoms with Gasteiger partial charge >= 0.3 is 6.03 Å². The first-order valence-corrected chi connectivity index (χ1v) is 12.2. The fourth-order valence-corrected chi connectivity index (χ4v) is 3.79. The van der Waals surface area contributed by atoms with E-state index in [0.717, 1.165) is 10.9 Å². The van der Waals surface area contributed by atoms with E-state index in [1.54, 1.807) is 48.8 Å². The van der Waals surface area contributed by atoms with Crippen molar-refractivity contribution in [2.45, 2.75) is 33.2 Å². The van der Waals surface area contributed by atoms with Crippen LogP contribution < -0.4 is 20.7 Å². The van der Waals surface area contributed by atoms with Crippen molar-refractivity contribution in [2.75, 3.05) is 16.0 Å². The van der Waals surface area contributed by atoms with E-state index in [2.05, 4.69) is 26.1 Å².